The van der Waals surface area contributed by atoms with Crippen LogP contribution in [0, 0.1) is 5.92 Å². The fourth-order valence-electron chi connectivity index (χ4n) is 8.59. The zero-order valence-electron chi connectivity index (χ0n) is 27.2. The molecule has 2 heteroatoms. The van der Waals surface area contributed by atoms with E-state index in [-0.39, 0.29) is 0 Å². The molecule has 1 aliphatic heterocycles. The van der Waals surface area contributed by atoms with Crippen molar-refractivity contribution in [3.63, 3.8) is 0 Å². The average Bonchev–Trinajstić information content (AvgIpc) is 3.44. The predicted molar refractivity (Wildman–Crippen MR) is 201 cm³/mol. The molecule has 0 radical (unpaired) electrons. The van der Waals surface area contributed by atoms with Crippen LogP contribution < -0.4 is 4.74 Å². The summed E-state index contributed by atoms with van der Waals surface area (Å²) in [5.41, 5.74) is 15.2. The fourth-order valence-corrected chi connectivity index (χ4v) is 8.59. The molecule has 49 heavy (non-hydrogen) atoms. The number of aromatic nitrogens is 1. The second kappa shape index (κ2) is 10.8. The van der Waals surface area contributed by atoms with Crippen LogP contribution >= 0.6 is 0 Å². The zero-order chi connectivity index (χ0) is 32.5. The molecule has 2 nitrogen and oxygen atoms in total. The minimum absolute atomic E-state index is 0.446. The maximum atomic E-state index is 6.98. The third-order valence-corrected chi connectivity index (χ3v) is 10.7. The number of pyridine rings is 1. The van der Waals surface area contributed by atoms with Crippen LogP contribution in [-0.4, -0.2) is 4.98 Å². The van der Waals surface area contributed by atoms with Crippen LogP contribution in [-0.2, 0) is 5.41 Å². The Morgan fingerprint density at radius 1 is 0.592 bits per heavy atom. The topological polar surface area (TPSA) is 22.1 Å². The van der Waals surface area contributed by atoms with E-state index in [9.17, 15) is 0 Å². The van der Waals surface area contributed by atoms with E-state index in [1.165, 1.54) is 39.0 Å². The highest BCUT2D eigenvalue weighted by atomic mass is 16.5. The van der Waals surface area contributed by atoms with Crippen molar-refractivity contribution in [2.45, 2.75) is 18.8 Å². The summed E-state index contributed by atoms with van der Waals surface area (Å²) in [6.07, 6.45) is 5.83. The Balaban J connectivity index is 1.16. The van der Waals surface area contributed by atoms with Crippen molar-refractivity contribution in [3.05, 3.63) is 192 Å². The number of benzene rings is 6. The zero-order valence-corrected chi connectivity index (χ0v) is 27.2. The van der Waals surface area contributed by atoms with Crippen LogP contribution in [0.1, 0.15) is 35.6 Å². The van der Waals surface area contributed by atoms with E-state index in [2.05, 4.69) is 165 Å². The van der Waals surface area contributed by atoms with Crippen LogP contribution in [0.3, 0.4) is 0 Å². The van der Waals surface area contributed by atoms with E-state index in [4.69, 9.17) is 9.72 Å². The fraction of sp³-hybridized carbons (Fsp3) is 0.0851. The lowest BCUT2D eigenvalue weighted by molar-refractivity contribution is 0.437. The van der Waals surface area contributed by atoms with Gasteiger partial charge in [-0.25, -0.2) is 4.98 Å². The lowest BCUT2D eigenvalue weighted by Crippen LogP contribution is -2.33. The Bertz CT molecular complexity index is 2520. The van der Waals surface area contributed by atoms with Crippen LogP contribution in [0.25, 0.3) is 50.0 Å². The number of hydrogen-bond donors (Lipinski definition) is 0. The Labute approximate surface area is 286 Å². The molecule has 2 unspecified atom stereocenters. The first kappa shape index (κ1) is 28.1. The molecule has 0 fully saturated rings. The van der Waals surface area contributed by atoms with Gasteiger partial charge in [-0.15, -0.1) is 0 Å². The van der Waals surface area contributed by atoms with Gasteiger partial charge in [0.05, 0.1) is 16.6 Å². The molecule has 0 saturated carbocycles. The number of fused-ring (bicyclic) bond motifs is 9. The van der Waals surface area contributed by atoms with Crippen LogP contribution in [0.4, 0.5) is 0 Å². The summed E-state index contributed by atoms with van der Waals surface area (Å²) >= 11 is 0. The second-order valence-electron chi connectivity index (χ2n) is 13.5. The summed E-state index contributed by atoms with van der Waals surface area (Å²) in [5.74, 6) is 2.35. The third-order valence-electron chi connectivity index (χ3n) is 10.7. The molecule has 0 bridgehead atoms. The van der Waals surface area contributed by atoms with Gasteiger partial charge in [0, 0.05) is 27.6 Å². The normalized spacial score (nSPS) is 18.5. The highest BCUT2D eigenvalue weighted by molar-refractivity contribution is 5.97. The summed E-state index contributed by atoms with van der Waals surface area (Å²) < 4.78 is 6.98. The van der Waals surface area contributed by atoms with Crippen molar-refractivity contribution in [2.75, 3.05) is 0 Å². The molecule has 10 rings (SSSR count). The molecule has 1 spiro atoms. The van der Waals surface area contributed by atoms with E-state index in [0.29, 0.717) is 5.92 Å². The Morgan fingerprint density at radius 2 is 1.27 bits per heavy atom. The molecular weight excluding hydrogens is 595 g/mol. The number of hydrogen-bond acceptors (Lipinski definition) is 2. The SMILES string of the molecule is CC1C=CC2=C(C1)c1ccccc1C21c2ccccc2Oc2c(-c3cccc(-c4cccc5nc(-c6ccccc6)ccc45)c3)cccc21. The molecule has 0 N–H and O–H groups in total. The number of para-hydroxylation sites is 2. The quantitative estimate of drug-likeness (QED) is 0.194. The summed E-state index contributed by atoms with van der Waals surface area (Å²) in [7, 11) is 0. The maximum Gasteiger partial charge on any atom is 0.140 e. The van der Waals surface area contributed by atoms with E-state index in [0.717, 1.165) is 56.8 Å². The second-order valence-corrected chi connectivity index (χ2v) is 13.5. The third kappa shape index (κ3) is 4.10. The molecule has 2 heterocycles. The van der Waals surface area contributed by atoms with Gasteiger partial charge in [-0.3, -0.25) is 0 Å². The van der Waals surface area contributed by atoms with Gasteiger partial charge in [-0.2, -0.15) is 0 Å². The van der Waals surface area contributed by atoms with Gasteiger partial charge in [0.25, 0.3) is 0 Å². The van der Waals surface area contributed by atoms with Crippen LogP contribution in [0.15, 0.2) is 169 Å². The molecule has 1 aromatic heterocycles. The highest BCUT2D eigenvalue weighted by Crippen LogP contribution is 2.64. The Hall–Kier alpha value is -5.99. The van der Waals surface area contributed by atoms with E-state index in [1.807, 2.05) is 6.07 Å². The van der Waals surface area contributed by atoms with Crippen molar-refractivity contribution in [3.8, 4) is 45.0 Å². The first-order valence-electron chi connectivity index (χ1n) is 17.2. The number of nitrogens with zero attached hydrogens (tertiary/aromatic N) is 1. The molecule has 2 atom stereocenters. The molecule has 2 aliphatic carbocycles. The minimum atomic E-state index is -0.446. The van der Waals surface area contributed by atoms with E-state index in [1.54, 1.807) is 0 Å². The van der Waals surface area contributed by atoms with E-state index < -0.39 is 5.41 Å². The Kier molecular flexibility index (Phi) is 6.17. The first-order valence-corrected chi connectivity index (χ1v) is 17.2. The van der Waals surface area contributed by atoms with Gasteiger partial charge < -0.3 is 4.74 Å². The monoisotopic (exact) mass is 627 g/mol. The lowest BCUT2D eigenvalue weighted by Gasteiger charge is -2.41. The van der Waals surface area contributed by atoms with Gasteiger partial charge in [0.1, 0.15) is 11.5 Å². The average molecular weight is 628 g/mol. The molecule has 0 amide bonds. The summed E-state index contributed by atoms with van der Waals surface area (Å²) in [6, 6.07) is 54.4. The van der Waals surface area contributed by atoms with Gasteiger partial charge in [-0.05, 0) is 75.6 Å². The van der Waals surface area contributed by atoms with Gasteiger partial charge >= 0.3 is 0 Å². The molecule has 7 aromatic rings. The molecule has 232 valence electrons. The van der Waals surface area contributed by atoms with Gasteiger partial charge in [0.15, 0.2) is 0 Å². The van der Waals surface area contributed by atoms with Gasteiger partial charge in [-0.1, -0.05) is 146 Å². The number of allylic oxidation sites excluding steroid dienone is 4. The summed E-state index contributed by atoms with van der Waals surface area (Å²) in [5, 5.41) is 1.14. The number of rotatable bonds is 3. The molecule has 3 aliphatic rings. The van der Waals surface area contributed by atoms with Crippen molar-refractivity contribution in [2.24, 2.45) is 5.92 Å². The Morgan fingerprint density at radius 3 is 2.16 bits per heavy atom. The van der Waals surface area contributed by atoms with Crippen molar-refractivity contribution >= 4 is 16.5 Å². The van der Waals surface area contributed by atoms with Crippen molar-refractivity contribution < 1.29 is 4.74 Å². The van der Waals surface area contributed by atoms with Gasteiger partial charge in [0.2, 0.25) is 0 Å². The molecule has 0 saturated heterocycles. The maximum absolute atomic E-state index is 6.98. The lowest BCUT2D eigenvalue weighted by atomic mass is 9.64. The van der Waals surface area contributed by atoms with Crippen LogP contribution in [0.2, 0.25) is 0 Å². The molecule has 6 aromatic carbocycles. The smallest absolute Gasteiger partial charge is 0.140 e. The highest BCUT2D eigenvalue weighted by Gasteiger charge is 2.52. The van der Waals surface area contributed by atoms with Crippen LogP contribution in [0.5, 0.6) is 11.5 Å². The predicted octanol–water partition coefficient (Wildman–Crippen LogP) is 12.0. The van der Waals surface area contributed by atoms with E-state index >= 15 is 0 Å². The van der Waals surface area contributed by atoms with Crippen molar-refractivity contribution in [1.29, 1.82) is 0 Å². The largest absolute Gasteiger partial charge is 0.456 e. The first-order chi connectivity index (χ1) is 24.2. The standard InChI is InChI=1S/C47H33NO/c1-30-24-26-40-38(28-30)36-16-5-6-19-39(36)47(40)41-20-7-8-23-45(41)49-46-35(18-10-21-42(46)47)33-15-9-14-32(29-33)34-17-11-22-44-37(34)25-27-43(48-44)31-12-3-2-4-13-31/h2-27,29-30H,28H2,1H3. The van der Waals surface area contributed by atoms with Crippen molar-refractivity contribution in [1.82, 2.24) is 4.98 Å². The summed E-state index contributed by atoms with van der Waals surface area (Å²) in [4.78, 5) is 5.06. The minimum Gasteiger partial charge on any atom is -0.456 e. The number of ether oxygens (including phenoxy) is 1. The molecular formula is C47H33NO. The summed E-state index contributed by atoms with van der Waals surface area (Å²) in [6.45, 7) is 2.32.